The minimum absolute atomic E-state index is 0.00131. The fraction of sp³-hybridized carbons (Fsp3) is 0.286. The summed E-state index contributed by atoms with van der Waals surface area (Å²) >= 11 is 0. The lowest BCUT2D eigenvalue weighted by Crippen LogP contribution is -2.27. The van der Waals surface area contributed by atoms with Crippen molar-refractivity contribution in [1.29, 1.82) is 0 Å². The number of carbonyl (C=O) groups is 3. The molecule has 0 aliphatic carbocycles. The Balaban J connectivity index is 1.68. The summed E-state index contributed by atoms with van der Waals surface area (Å²) in [5, 5.41) is 8.27. The summed E-state index contributed by atoms with van der Waals surface area (Å²) in [6.07, 6.45) is 0.491. The van der Waals surface area contributed by atoms with Gasteiger partial charge in [-0.2, -0.15) is 0 Å². The van der Waals surface area contributed by atoms with Crippen LogP contribution in [0.5, 0.6) is 0 Å². The van der Waals surface area contributed by atoms with Crippen LogP contribution in [-0.4, -0.2) is 23.5 Å². The molecule has 3 rings (SSSR count). The second-order valence-electron chi connectivity index (χ2n) is 7.58. The van der Waals surface area contributed by atoms with Crippen molar-refractivity contribution in [1.82, 2.24) is 0 Å². The molecule has 7 heteroatoms. The standard InChI is InChI=1S/C21H23N3O4/c1-21(2,3)28-20(27)23-15-6-4-5-14(12-15)19(26)22-16-8-9-17-13(11-16)7-10-18(25)24-17/h4-6,8-9,11-12H,7,10H2,1-3H3,(H,22,26)(H,23,27)(H,24,25). The molecule has 0 fully saturated rings. The van der Waals surface area contributed by atoms with Crippen LogP contribution in [0.3, 0.4) is 0 Å². The first-order chi connectivity index (χ1) is 13.2. The first-order valence-electron chi connectivity index (χ1n) is 9.04. The molecule has 28 heavy (non-hydrogen) atoms. The zero-order chi connectivity index (χ0) is 20.3. The van der Waals surface area contributed by atoms with Crippen molar-refractivity contribution < 1.29 is 19.1 Å². The molecule has 0 unspecified atom stereocenters. The molecule has 0 atom stereocenters. The van der Waals surface area contributed by atoms with E-state index in [0.717, 1.165) is 11.3 Å². The molecule has 1 aliphatic rings. The summed E-state index contributed by atoms with van der Waals surface area (Å²) in [5.74, 6) is -0.300. The second kappa shape index (κ2) is 7.72. The van der Waals surface area contributed by atoms with Gasteiger partial charge in [0.1, 0.15) is 5.60 Å². The fourth-order valence-electron chi connectivity index (χ4n) is 2.82. The van der Waals surface area contributed by atoms with Crippen LogP contribution in [0.1, 0.15) is 43.1 Å². The fourth-order valence-corrected chi connectivity index (χ4v) is 2.82. The lowest BCUT2D eigenvalue weighted by atomic mass is 10.0. The van der Waals surface area contributed by atoms with Crippen molar-refractivity contribution >= 4 is 35.0 Å². The van der Waals surface area contributed by atoms with Gasteiger partial charge in [-0.25, -0.2) is 4.79 Å². The topological polar surface area (TPSA) is 96.5 Å². The molecule has 3 amide bonds. The van der Waals surface area contributed by atoms with Gasteiger partial charge >= 0.3 is 6.09 Å². The van der Waals surface area contributed by atoms with Crippen molar-refractivity contribution in [2.75, 3.05) is 16.0 Å². The molecule has 3 N–H and O–H groups in total. The van der Waals surface area contributed by atoms with Crippen LogP contribution in [0.4, 0.5) is 21.9 Å². The second-order valence-corrected chi connectivity index (χ2v) is 7.58. The average molecular weight is 381 g/mol. The number of fused-ring (bicyclic) bond motifs is 1. The first-order valence-corrected chi connectivity index (χ1v) is 9.04. The van der Waals surface area contributed by atoms with Crippen molar-refractivity contribution in [3.63, 3.8) is 0 Å². The third-order valence-corrected chi connectivity index (χ3v) is 4.03. The summed E-state index contributed by atoms with van der Waals surface area (Å²) in [7, 11) is 0. The highest BCUT2D eigenvalue weighted by Gasteiger charge is 2.17. The maximum absolute atomic E-state index is 12.6. The predicted octanol–water partition coefficient (Wildman–Crippen LogP) is 4.17. The highest BCUT2D eigenvalue weighted by Crippen LogP contribution is 2.26. The van der Waals surface area contributed by atoms with Crippen LogP contribution in [-0.2, 0) is 16.0 Å². The third kappa shape index (κ3) is 5.09. The quantitative estimate of drug-likeness (QED) is 0.743. The van der Waals surface area contributed by atoms with Gasteiger partial charge in [-0.1, -0.05) is 6.07 Å². The molecule has 7 nitrogen and oxygen atoms in total. The summed E-state index contributed by atoms with van der Waals surface area (Å²) in [5.41, 5.74) is 2.67. The van der Waals surface area contributed by atoms with Crippen LogP contribution < -0.4 is 16.0 Å². The molecule has 0 radical (unpaired) electrons. The van der Waals surface area contributed by atoms with Gasteiger partial charge in [0.15, 0.2) is 0 Å². The molecule has 1 heterocycles. The number of rotatable bonds is 3. The molecule has 0 bridgehead atoms. The molecular weight excluding hydrogens is 358 g/mol. The van der Waals surface area contributed by atoms with E-state index in [1.165, 1.54) is 0 Å². The molecule has 0 aromatic heterocycles. The Labute approximate surface area is 163 Å². The minimum Gasteiger partial charge on any atom is -0.444 e. The van der Waals surface area contributed by atoms with Gasteiger partial charge in [-0.3, -0.25) is 14.9 Å². The largest absolute Gasteiger partial charge is 0.444 e. The van der Waals surface area contributed by atoms with Gasteiger partial charge in [-0.05, 0) is 69.2 Å². The Hall–Kier alpha value is -3.35. The number of hydrogen-bond acceptors (Lipinski definition) is 4. The Bertz CT molecular complexity index is 931. The van der Waals surface area contributed by atoms with Crippen molar-refractivity contribution in [2.24, 2.45) is 0 Å². The Morgan fingerprint density at radius 1 is 1.00 bits per heavy atom. The van der Waals surface area contributed by atoms with Gasteiger partial charge in [0, 0.05) is 29.0 Å². The number of benzene rings is 2. The molecule has 146 valence electrons. The zero-order valence-corrected chi connectivity index (χ0v) is 16.1. The number of amides is 3. The van der Waals surface area contributed by atoms with Crippen LogP contribution in [0.2, 0.25) is 0 Å². The van der Waals surface area contributed by atoms with E-state index in [1.54, 1.807) is 57.2 Å². The van der Waals surface area contributed by atoms with Gasteiger partial charge in [0.05, 0.1) is 0 Å². The number of carbonyl (C=O) groups excluding carboxylic acids is 3. The summed E-state index contributed by atoms with van der Waals surface area (Å²) in [6, 6.07) is 12.0. The third-order valence-electron chi connectivity index (χ3n) is 4.03. The Morgan fingerprint density at radius 2 is 1.75 bits per heavy atom. The molecule has 0 saturated carbocycles. The van der Waals surface area contributed by atoms with Crippen molar-refractivity contribution in [3.8, 4) is 0 Å². The van der Waals surface area contributed by atoms with Crippen LogP contribution >= 0.6 is 0 Å². The van der Waals surface area contributed by atoms with Crippen LogP contribution in [0, 0.1) is 0 Å². The van der Waals surface area contributed by atoms with Gasteiger partial charge in [0.25, 0.3) is 5.91 Å². The van der Waals surface area contributed by atoms with Gasteiger partial charge in [0.2, 0.25) is 5.91 Å². The van der Waals surface area contributed by atoms with E-state index in [4.69, 9.17) is 4.74 Å². The van der Waals surface area contributed by atoms with Gasteiger partial charge < -0.3 is 15.4 Å². The number of nitrogens with one attached hydrogen (secondary N) is 3. The summed E-state index contributed by atoms with van der Waals surface area (Å²) in [4.78, 5) is 35.9. The first kappa shape index (κ1) is 19.4. The molecule has 0 spiro atoms. The molecule has 2 aromatic rings. The highest BCUT2D eigenvalue weighted by atomic mass is 16.6. The van der Waals surface area contributed by atoms with E-state index < -0.39 is 11.7 Å². The lowest BCUT2D eigenvalue weighted by molar-refractivity contribution is -0.116. The van der Waals surface area contributed by atoms with E-state index in [9.17, 15) is 14.4 Å². The predicted molar refractivity (Wildman–Crippen MR) is 108 cm³/mol. The number of aryl methyl sites for hydroxylation is 1. The maximum atomic E-state index is 12.6. The monoisotopic (exact) mass is 381 g/mol. The average Bonchev–Trinajstić information content (AvgIpc) is 2.60. The Morgan fingerprint density at radius 3 is 2.50 bits per heavy atom. The van der Waals surface area contributed by atoms with E-state index in [2.05, 4.69) is 16.0 Å². The summed E-state index contributed by atoms with van der Waals surface area (Å²) in [6.45, 7) is 5.33. The molecule has 2 aromatic carbocycles. The van der Waals surface area contributed by atoms with Crippen LogP contribution in [0.15, 0.2) is 42.5 Å². The van der Waals surface area contributed by atoms with Crippen molar-refractivity contribution in [3.05, 3.63) is 53.6 Å². The van der Waals surface area contributed by atoms with Crippen LogP contribution in [0.25, 0.3) is 0 Å². The zero-order valence-electron chi connectivity index (χ0n) is 16.1. The molecular formula is C21H23N3O4. The van der Waals surface area contributed by atoms with Crippen molar-refractivity contribution in [2.45, 2.75) is 39.2 Å². The lowest BCUT2D eigenvalue weighted by Gasteiger charge is -2.19. The summed E-state index contributed by atoms with van der Waals surface area (Å²) < 4.78 is 5.22. The molecule has 1 aliphatic heterocycles. The van der Waals surface area contributed by atoms with E-state index in [1.807, 2.05) is 6.07 Å². The smallest absolute Gasteiger partial charge is 0.412 e. The maximum Gasteiger partial charge on any atom is 0.412 e. The Kier molecular flexibility index (Phi) is 5.35. The van der Waals surface area contributed by atoms with E-state index in [-0.39, 0.29) is 11.8 Å². The normalized spacial score (nSPS) is 13.2. The van der Waals surface area contributed by atoms with E-state index in [0.29, 0.717) is 29.8 Å². The minimum atomic E-state index is -0.606. The highest BCUT2D eigenvalue weighted by molar-refractivity contribution is 6.05. The number of ether oxygens (including phenoxy) is 1. The van der Waals surface area contributed by atoms with E-state index >= 15 is 0 Å². The number of hydrogen-bond donors (Lipinski definition) is 3. The SMILES string of the molecule is CC(C)(C)OC(=O)Nc1cccc(C(=O)Nc2ccc3c(c2)CCC(=O)N3)c1. The molecule has 0 saturated heterocycles. The van der Waals surface area contributed by atoms with Gasteiger partial charge in [-0.15, -0.1) is 0 Å². The number of anilines is 3.